The highest BCUT2D eigenvalue weighted by atomic mass is 16.3. The monoisotopic (exact) mass is 201 g/mol. The molecule has 0 saturated heterocycles. The first-order valence-electron chi connectivity index (χ1n) is 4.97. The van der Waals surface area contributed by atoms with E-state index in [0.717, 1.165) is 5.56 Å². The summed E-state index contributed by atoms with van der Waals surface area (Å²) < 4.78 is 0. The van der Waals surface area contributed by atoms with E-state index in [1.54, 1.807) is 12.1 Å². The van der Waals surface area contributed by atoms with Crippen LogP contribution >= 0.6 is 0 Å². The molecular weight excluding hydrogens is 185 g/mol. The van der Waals surface area contributed by atoms with Gasteiger partial charge in [0.2, 0.25) is 0 Å². The first-order chi connectivity index (χ1) is 6.66. The number of hydrogen-bond acceptors (Lipinski definition) is 3. The first-order valence-corrected chi connectivity index (χ1v) is 4.97. The Morgan fingerprint density at radius 3 is 1.93 bits per heavy atom. The summed E-state index contributed by atoms with van der Waals surface area (Å²) in [5.41, 5.74) is 7.00. The second kappa shape index (κ2) is 3.56. The molecule has 0 bridgehead atoms. The minimum atomic E-state index is -0.406. The van der Waals surface area contributed by atoms with Crippen LogP contribution in [0.1, 0.15) is 5.56 Å². The van der Waals surface area contributed by atoms with Crippen LogP contribution < -0.4 is 5.73 Å². The molecule has 0 radical (unpaired) electrons. The van der Waals surface area contributed by atoms with Gasteiger partial charge < -0.3 is 15.9 Å². The highest BCUT2D eigenvalue weighted by molar-refractivity contribution is 6.54. The summed E-state index contributed by atoms with van der Waals surface area (Å²) in [6.07, 6.45) is 0. The predicted octanol–water partition coefficient (Wildman–Crippen LogP) is -3.60. The van der Waals surface area contributed by atoms with Crippen molar-refractivity contribution in [2.75, 3.05) is 0 Å². The second-order valence-corrected chi connectivity index (χ2v) is 5.05. The summed E-state index contributed by atoms with van der Waals surface area (Å²) in [4.78, 5) is 0. The molecule has 0 aliphatic carbocycles. The minimum absolute atomic E-state index is 0.107. The Morgan fingerprint density at radius 1 is 1.00 bits per heavy atom. The lowest BCUT2D eigenvalue weighted by molar-refractivity contribution is 0.402. The standard InChI is InChI=1S/C8H15B4NO2/c9-7(10,8(11,12)13)4-1-2-5(14)6(15)3-4/h1-3,14-15H,9-13H2. The Labute approximate surface area is 93.7 Å². The van der Waals surface area contributed by atoms with E-state index >= 15 is 0 Å². The van der Waals surface area contributed by atoms with Crippen LogP contribution in [-0.2, 0) is 5.21 Å². The van der Waals surface area contributed by atoms with Crippen LogP contribution in [-0.4, -0.2) is 46.9 Å². The van der Waals surface area contributed by atoms with Crippen molar-refractivity contribution in [1.82, 2.24) is 0 Å². The van der Waals surface area contributed by atoms with Crippen LogP contribution in [0, 0.1) is 0 Å². The summed E-state index contributed by atoms with van der Waals surface area (Å²) >= 11 is 0. The third kappa shape index (κ3) is 2.17. The summed E-state index contributed by atoms with van der Waals surface area (Å²) in [6, 6.07) is 4.83. The molecule has 0 heterocycles. The summed E-state index contributed by atoms with van der Waals surface area (Å²) in [7, 11) is 7.91. The van der Waals surface area contributed by atoms with Gasteiger partial charge in [0, 0.05) is 0 Å². The van der Waals surface area contributed by atoms with E-state index in [0.29, 0.717) is 0 Å². The second-order valence-electron chi connectivity index (χ2n) is 5.05. The molecular formula is C8H15B4NO2. The number of phenolic OH excluding ortho intramolecular Hbond substituents is 2. The molecule has 76 valence electrons. The molecule has 3 nitrogen and oxygen atoms in total. The van der Waals surface area contributed by atoms with Gasteiger partial charge in [0.25, 0.3) is 0 Å². The van der Waals surface area contributed by atoms with Crippen molar-refractivity contribution >= 4 is 31.4 Å². The zero-order valence-electron chi connectivity index (χ0n) is 9.70. The van der Waals surface area contributed by atoms with Gasteiger partial charge in [-0.1, -0.05) is 16.8 Å². The fourth-order valence-corrected chi connectivity index (χ4v) is 1.28. The molecule has 0 unspecified atom stereocenters. The fraction of sp³-hybridized carbons (Fsp3) is 0.250. The van der Waals surface area contributed by atoms with Crippen molar-refractivity contribution in [2.45, 2.75) is 10.6 Å². The lowest BCUT2D eigenvalue weighted by Crippen LogP contribution is -2.60. The van der Waals surface area contributed by atoms with Gasteiger partial charge in [-0.3, -0.25) is 0 Å². The Bertz CT molecular complexity index is 375. The average molecular weight is 200 g/mol. The predicted molar refractivity (Wildman–Crippen MR) is 72.5 cm³/mol. The van der Waals surface area contributed by atoms with Crippen molar-refractivity contribution in [3.05, 3.63) is 23.8 Å². The van der Waals surface area contributed by atoms with Crippen LogP contribution in [0.5, 0.6) is 11.5 Å². The number of hydrogen-bond donors (Lipinski definition) is 3. The lowest BCUT2D eigenvalue weighted by Gasteiger charge is -2.40. The SMILES string of the molecule is BC(B)(N)C(B)(B)c1ccc(O)c(O)c1. The van der Waals surface area contributed by atoms with Crippen LogP contribution in [0.2, 0.25) is 0 Å². The third-order valence-corrected chi connectivity index (χ3v) is 3.31. The topological polar surface area (TPSA) is 66.5 Å². The largest absolute Gasteiger partial charge is 0.504 e. The maximum atomic E-state index is 9.44. The van der Waals surface area contributed by atoms with Gasteiger partial charge in [-0.2, -0.15) is 0 Å². The molecule has 4 N–H and O–H groups in total. The van der Waals surface area contributed by atoms with E-state index in [9.17, 15) is 10.2 Å². The van der Waals surface area contributed by atoms with Crippen LogP contribution in [0.25, 0.3) is 0 Å². The van der Waals surface area contributed by atoms with E-state index in [1.807, 2.05) is 31.4 Å². The molecule has 0 aliphatic heterocycles. The highest BCUT2D eigenvalue weighted by Crippen LogP contribution is 2.31. The molecule has 1 rings (SSSR count). The summed E-state index contributed by atoms with van der Waals surface area (Å²) in [5, 5.41) is 18.0. The Balaban J connectivity index is 3.22. The van der Waals surface area contributed by atoms with Gasteiger partial charge in [-0.05, 0) is 17.5 Å². The average Bonchev–Trinajstić information content (AvgIpc) is 2.07. The van der Waals surface area contributed by atoms with Crippen LogP contribution in [0.3, 0.4) is 0 Å². The Morgan fingerprint density at radius 2 is 1.53 bits per heavy atom. The number of phenols is 2. The van der Waals surface area contributed by atoms with E-state index in [-0.39, 0.29) is 16.7 Å². The smallest absolute Gasteiger partial charge is 0.157 e. The first kappa shape index (κ1) is 12.1. The van der Waals surface area contributed by atoms with Crippen LogP contribution in [0.15, 0.2) is 18.2 Å². The van der Waals surface area contributed by atoms with Crippen molar-refractivity contribution < 1.29 is 10.2 Å². The zero-order valence-corrected chi connectivity index (χ0v) is 9.70. The zero-order chi connectivity index (χ0) is 11.9. The molecule has 0 aliphatic rings. The minimum Gasteiger partial charge on any atom is -0.504 e. The molecule has 0 amide bonds. The maximum Gasteiger partial charge on any atom is 0.157 e. The molecule has 0 atom stereocenters. The molecule has 0 fully saturated rings. The summed E-state index contributed by atoms with van der Waals surface area (Å²) in [6.45, 7) is 0. The molecule has 0 aromatic heterocycles. The van der Waals surface area contributed by atoms with Gasteiger partial charge in [0.15, 0.2) is 11.5 Å². The van der Waals surface area contributed by atoms with Gasteiger partial charge in [0.1, 0.15) is 31.4 Å². The number of aromatic hydroxyl groups is 2. The van der Waals surface area contributed by atoms with Crippen molar-refractivity contribution in [3.8, 4) is 11.5 Å². The number of nitrogens with two attached hydrogens (primary N) is 1. The van der Waals surface area contributed by atoms with Gasteiger partial charge in [-0.25, -0.2) is 0 Å². The van der Waals surface area contributed by atoms with E-state index in [2.05, 4.69) is 0 Å². The highest BCUT2D eigenvalue weighted by Gasteiger charge is 2.34. The van der Waals surface area contributed by atoms with Crippen LogP contribution in [0.4, 0.5) is 0 Å². The number of rotatable bonds is 2. The Kier molecular flexibility index (Phi) is 2.87. The molecule has 1 aromatic rings. The lowest BCUT2D eigenvalue weighted by atomic mass is 9.32. The fourth-order valence-electron chi connectivity index (χ4n) is 1.28. The van der Waals surface area contributed by atoms with Gasteiger partial charge in [0.05, 0.1) is 0 Å². The molecule has 1 aromatic carbocycles. The molecule has 0 saturated carbocycles. The van der Waals surface area contributed by atoms with Gasteiger partial charge in [-0.15, -0.1) is 0 Å². The normalized spacial score (nSPS) is 12.6. The summed E-state index contributed by atoms with van der Waals surface area (Å²) in [5.74, 6) is -0.214. The van der Waals surface area contributed by atoms with E-state index in [4.69, 9.17) is 5.73 Å². The van der Waals surface area contributed by atoms with E-state index in [1.165, 1.54) is 6.07 Å². The van der Waals surface area contributed by atoms with E-state index < -0.39 is 5.34 Å². The van der Waals surface area contributed by atoms with Gasteiger partial charge >= 0.3 is 0 Å². The Hall–Kier alpha value is -0.960. The van der Waals surface area contributed by atoms with Crippen molar-refractivity contribution in [3.63, 3.8) is 0 Å². The quantitative estimate of drug-likeness (QED) is 0.341. The maximum absolute atomic E-state index is 9.44. The number of benzene rings is 1. The van der Waals surface area contributed by atoms with Crippen molar-refractivity contribution in [2.24, 2.45) is 5.73 Å². The molecule has 15 heavy (non-hydrogen) atoms. The van der Waals surface area contributed by atoms with Crippen molar-refractivity contribution in [1.29, 1.82) is 0 Å². The molecule has 7 heteroatoms. The molecule has 0 spiro atoms. The third-order valence-electron chi connectivity index (χ3n) is 3.31.